The van der Waals surface area contributed by atoms with Crippen molar-refractivity contribution in [2.75, 3.05) is 45.9 Å². The zero-order valence-electron chi connectivity index (χ0n) is 12.3. The number of hydrogen-bond acceptors (Lipinski definition) is 3. The molecule has 0 bridgehead atoms. The Morgan fingerprint density at radius 3 is 2.70 bits per heavy atom. The van der Waals surface area contributed by atoms with Gasteiger partial charge in [0.25, 0.3) is 0 Å². The van der Waals surface area contributed by atoms with Crippen LogP contribution in [-0.2, 0) is 9.53 Å². The molecule has 0 aromatic carbocycles. The van der Waals surface area contributed by atoms with Crippen molar-refractivity contribution >= 4 is 21.8 Å². The molecule has 1 aliphatic carbocycles. The average Bonchev–Trinajstić information content (AvgIpc) is 3.08. The van der Waals surface area contributed by atoms with Crippen LogP contribution in [0.4, 0.5) is 0 Å². The zero-order valence-corrected chi connectivity index (χ0v) is 13.9. The molecule has 2 aliphatic heterocycles. The third-order valence-corrected chi connectivity index (χ3v) is 5.79. The zero-order chi connectivity index (χ0) is 14.2. The van der Waals surface area contributed by atoms with Crippen molar-refractivity contribution in [3.63, 3.8) is 0 Å². The van der Waals surface area contributed by atoms with Gasteiger partial charge < -0.3 is 9.64 Å². The number of carbonyl (C=O) groups is 1. The molecule has 0 aromatic rings. The Labute approximate surface area is 129 Å². The molecule has 0 spiro atoms. The minimum atomic E-state index is 0.0707. The molecule has 3 rings (SSSR count). The largest absolute Gasteiger partial charge is 0.379 e. The number of carbonyl (C=O) groups excluding carboxylic acids is 1. The van der Waals surface area contributed by atoms with Crippen molar-refractivity contribution in [2.45, 2.75) is 30.5 Å². The number of halogens is 1. The molecule has 0 radical (unpaired) electrons. The van der Waals surface area contributed by atoms with E-state index in [1.807, 2.05) is 0 Å². The lowest BCUT2D eigenvalue weighted by atomic mass is 9.96. The molecule has 3 aliphatic rings. The van der Waals surface area contributed by atoms with Crippen molar-refractivity contribution < 1.29 is 9.53 Å². The normalized spacial score (nSPS) is 38.8. The molecule has 3 atom stereocenters. The van der Waals surface area contributed by atoms with Crippen molar-refractivity contribution in [1.29, 1.82) is 0 Å². The summed E-state index contributed by atoms with van der Waals surface area (Å²) in [5.74, 6) is 1.23. The number of morpholine rings is 1. The predicted octanol–water partition coefficient (Wildman–Crippen LogP) is 1.73. The van der Waals surface area contributed by atoms with E-state index in [1.165, 1.54) is 6.42 Å². The number of likely N-dealkylation sites (tertiary alicyclic amines) is 1. The smallest absolute Gasteiger partial charge is 0.227 e. The Bertz CT molecular complexity index is 369. The number of ether oxygens (including phenoxy) is 1. The van der Waals surface area contributed by atoms with Crippen LogP contribution in [-0.4, -0.2) is 66.0 Å². The average molecular weight is 345 g/mol. The first-order valence-electron chi connectivity index (χ1n) is 7.84. The summed E-state index contributed by atoms with van der Waals surface area (Å²) in [7, 11) is 0. The lowest BCUT2D eigenvalue weighted by Crippen LogP contribution is -2.46. The second kappa shape index (κ2) is 5.93. The van der Waals surface area contributed by atoms with Crippen molar-refractivity contribution in [3.8, 4) is 0 Å². The van der Waals surface area contributed by atoms with E-state index in [0.29, 0.717) is 11.8 Å². The third kappa shape index (κ3) is 3.37. The Morgan fingerprint density at radius 1 is 1.35 bits per heavy atom. The lowest BCUT2D eigenvalue weighted by molar-refractivity contribution is -0.134. The first kappa shape index (κ1) is 14.8. The molecule has 3 fully saturated rings. The van der Waals surface area contributed by atoms with Gasteiger partial charge in [-0.2, -0.15) is 0 Å². The van der Waals surface area contributed by atoms with Crippen LogP contribution in [0, 0.1) is 11.8 Å². The van der Waals surface area contributed by atoms with Crippen LogP contribution < -0.4 is 0 Å². The van der Waals surface area contributed by atoms with E-state index in [1.54, 1.807) is 0 Å². The summed E-state index contributed by atoms with van der Waals surface area (Å²) in [6.07, 6.45) is 3.42. The molecular weight excluding hydrogens is 320 g/mol. The number of nitrogens with zero attached hydrogens (tertiary/aromatic N) is 2. The maximum atomic E-state index is 12.5. The highest BCUT2D eigenvalue weighted by Crippen LogP contribution is 2.51. The van der Waals surface area contributed by atoms with E-state index in [0.717, 1.165) is 58.8 Å². The molecule has 2 unspecified atom stereocenters. The minimum Gasteiger partial charge on any atom is -0.379 e. The van der Waals surface area contributed by atoms with Gasteiger partial charge in [0.1, 0.15) is 0 Å². The molecule has 1 amide bonds. The molecule has 0 aromatic heterocycles. The summed E-state index contributed by atoms with van der Waals surface area (Å²) >= 11 is 3.64. The molecule has 2 heterocycles. The Balaban J connectivity index is 1.50. The van der Waals surface area contributed by atoms with E-state index in [2.05, 4.69) is 32.7 Å². The maximum absolute atomic E-state index is 12.5. The van der Waals surface area contributed by atoms with Crippen molar-refractivity contribution in [2.24, 2.45) is 11.8 Å². The van der Waals surface area contributed by atoms with Crippen LogP contribution >= 0.6 is 15.9 Å². The standard InChI is InChI=1S/C15H25BrN2O2/c1-15(16)9-13(15)14(19)18-4-2-3-12(11-18)10-17-5-7-20-8-6-17/h12-13H,2-11H2,1H3/t12-,13?,15?/m1/s1. The molecular formula is C15H25BrN2O2. The second-order valence-corrected chi connectivity index (χ2v) is 8.55. The highest BCUT2D eigenvalue weighted by molar-refractivity contribution is 9.10. The van der Waals surface area contributed by atoms with Gasteiger partial charge in [0.05, 0.1) is 19.1 Å². The Hall–Kier alpha value is -0.130. The van der Waals surface area contributed by atoms with Gasteiger partial charge in [-0.05, 0) is 32.1 Å². The molecule has 114 valence electrons. The van der Waals surface area contributed by atoms with E-state index < -0.39 is 0 Å². The number of rotatable bonds is 3. The number of hydrogen-bond donors (Lipinski definition) is 0. The highest BCUT2D eigenvalue weighted by Gasteiger charge is 2.54. The van der Waals surface area contributed by atoms with Gasteiger partial charge in [-0.25, -0.2) is 0 Å². The fraction of sp³-hybridized carbons (Fsp3) is 0.933. The Kier molecular flexibility index (Phi) is 4.39. The van der Waals surface area contributed by atoms with E-state index >= 15 is 0 Å². The highest BCUT2D eigenvalue weighted by atomic mass is 79.9. The molecule has 20 heavy (non-hydrogen) atoms. The molecule has 4 nitrogen and oxygen atoms in total. The summed E-state index contributed by atoms with van der Waals surface area (Å²) in [6, 6.07) is 0. The van der Waals surface area contributed by atoms with Crippen LogP contribution in [0.3, 0.4) is 0 Å². The Morgan fingerprint density at radius 2 is 2.05 bits per heavy atom. The van der Waals surface area contributed by atoms with Gasteiger partial charge >= 0.3 is 0 Å². The van der Waals surface area contributed by atoms with Crippen molar-refractivity contribution in [1.82, 2.24) is 9.80 Å². The number of amides is 1. The van der Waals surface area contributed by atoms with Gasteiger partial charge in [0, 0.05) is 37.0 Å². The monoisotopic (exact) mass is 344 g/mol. The van der Waals surface area contributed by atoms with Gasteiger partial charge in [0.2, 0.25) is 5.91 Å². The summed E-state index contributed by atoms with van der Waals surface area (Å²) in [4.78, 5) is 17.1. The van der Waals surface area contributed by atoms with Crippen LogP contribution in [0.2, 0.25) is 0 Å². The van der Waals surface area contributed by atoms with E-state index in [-0.39, 0.29) is 10.2 Å². The van der Waals surface area contributed by atoms with Crippen LogP contribution in [0.5, 0.6) is 0 Å². The fourth-order valence-corrected chi connectivity index (χ4v) is 3.99. The predicted molar refractivity (Wildman–Crippen MR) is 82.0 cm³/mol. The van der Waals surface area contributed by atoms with Gasteiger partial charge in [-0.1, -0.05) is 15.9 Å². The lowest BCUT2D eigenvalue weighted by Gasteiger charge is -2.37. The fourth-order valence-electron chi connectivity index (χ4n) is 3.47. The van der Waals surface area contributed by atoms with Crippen molar-refractivity contribution in [3.05, 3.63) is 0 Å². The first-order valence-corrected chi connectivity index (χ1v) is 8.63. The molecule has 0 N–H and O–H groups in total. The minimum absolute atomic E-state index is 0.0707. The third-order valence-electron chi connectivity index (χ3n) is 4.92. The van der Waals surface area contributed by atoms with E-state index in [9.17, 15) is 4.79 Å². The number of piperidine rings is 1. The molecule has 2 saturated heterocycles. The molecule has 1 saturated carbocycles. The molecule has 5 heteroatoms. The maximum Gasteiger partial charge on any atom is 0.227 e. The quantitative estimate of drug-likeness (QED) is 0.731. The second-order valence-electron chi connectivity index (χ2n) is 6.74. The summed E-state index contributed by atoms with van der Waals surface area (Å²) in [6.45, 7) is 8.99. The van der Waals surface area contributed by atoms with Crippen LogP contribution in [0.15, 0.2) is 0 Å². The van der Waals surface area contributed by atoms with Gasteiger partial charge in [-0.15, -0.1) is 0 Å². The topological polar surface area (TPSA) is 32.8 Å². The van der Waals surface area contributed by atoms with Crippen LogP contribution in [0.1, 0.15) is 26.2 Å². The SMILES string of the molecule is CC1(Br)CC1C(=O)N1CCC[C@H](CN2CCOCC2)C1. The summed E-state index contributed by atoms with van der Waals surface area (Å²) in [5, 5.41) is 0. The summed E-state index contributed by atoms with van der Waals surface area (Å²) in [5.41, 5.74) is 0. The number of alkyl halides is 1. The van der Waals surface area contributed by atoms with Gasteiger partial charge in [-0.3, -0.25) is 9.69 Å². The van der Waals surface area contributed by atoms with Crippen LogP contribution in [0.25, 0.3) is 0 Å². The van der Waals surface area contributed by atoms with Gasteiger partial charge in [0.15, 0.2) is 0 Å². The summed E-state index contributed by atoms with van der Waals surface area (Å²) < 4.78 is 5.47. The van der Waals surface area contributed by atoms with E-state index in [4.69, 9.17) is 4.74 Å². The first-order chi connectivity index (χ1) is 9.56.